The normalized spacial score (nSPS) is 12.0. The van der Waals surface area contributed by atoms with Crippen LogP contribution in [0.15, 0.2) is 34.9 Å². The fraction of sp³-hybridized carbons (Fsp3) is 0.333. The minimum atomic E-state index is -0.134. The molecule has 1 atom stereocenters. The van der Waals surface area contributed by atoms with E-state index in [9.17, 15) is 0 Å². The van der Waals surface area contributed by atoms with E-state index < -0.39 is 0 Å². The van der Waals surface area contributed by atoms with Crippen LogP contribution in [0.5, 0.6) is 17.2 Å². The van der Waals surface area contributed by atoms with Crippen molar-refractivity contribution in [3.8, 4) is 17.2 Å². The molecule has 0 amide bonds. The van der Waals surface area contributed by atoms with Gasteiger partial charge in [-0.15, -0.1) is 0 Å². The largest absolute Gasteiger partial charge is 0.493 e. The Labute approximate surface area is 123 Å². The molecule has 1 heterocycles. The van der Waals surface area contributed by atoms with E-state index in [0.29, 0.717) is 23.7 Å². The molecule has 0 aliphatic heterocycles. The van der Waals surface area contributed by atoms with Crippen molar-refractivity contribution in [1.82, 2.24) is 5.43 Å². The Morgan fingerprint density at radius 3 is 2.24 bits per heavy atom. The average Bonchev–Trinajstić information content (AvgIpc) is 3.04. The summed E-state index contributed by atoms with van der Waals surface area (Å²) in [6, 6.07) is 7.36. The first kappa shape index (κ1) is 15.2. The number of rotatable bonds is 7. The van der Waals surface area contributed by atoms with E-state index in [-0.39, 0.29) is 6.04 Å². The van der Waals surface area contributed by atoms with Crippen LogP contribution in [-0.4, -0.2) is 21.3 Å². The quantitative estimate of drug-likeness (QED) is 0.600. The predicted molar refractivity (Wildman–Crippen MR) is 78.6 cm³/mol. The van der Waals surface area contributed by atoms with Crippen molar-refractivity contribution >= 4 is 0 Å². The smallest absolute Gasteiger partial charge is 0.203 e. The molecule has 6 nitrogen and oxygen atoms in total. The summed E-state index contributed by atoms with van der Waals surface area (Å²) in [6.07, 6.45) is 2.25. The third kappa shape index (κ3) is 3.29. The zero-order valence-corrected chi connectivity index (χ0v) is 12.4. The highest BCUT2D eigenvalue weighted by molar-refractivity contribution is 5.54. The van der Waals surface area contributed by atoms with Crippen molar-refractivity contribution in [2.24, 2.45) is 5.84 Å². The number of hydrazine groups is 1. The zero-order chi connectivity index (χ0) is 15.2. The molecule has 0 aliphatic carbocycles. The summed E-state index contributed by atoms with van der Waals surface area (Å²) in [6.45, 7) is 0. The third-order valence-electron chi connectivity index (χ3n) is 3.28. The van der Waals surface area contributed by atoms with Gasteiger partial charge in [0.15, 0.2) is 11.5 Å². The van der Waals surface area contributed by atoms with Crippen LogP contribution in [0.1, 0.15) is 17.4 Å². The van der Waals surface area contributed by atoms with Gasteiger partial charge < -0.3 is 18.6 Å². The summed E-state index contributed by atoms with van der Waals surface area (Å²) in [5, 5.41) is 0. The minimum absolute atomic E-state index is 0.134. The van der Waals surface area contributed by atoms with Gasteiger partial charge in [0.1, 0.15) is 5.76 Å². The van der Waals surface area contributed by atoms with Crippen molar-refractivity contribution < 1.29 is 18.6 Å². The van der Waals surface area contributed by atoms with Crippen LogP contribution < -0.4 is 25.5 Å². The molecular formula is C15H20N2O4. The molecular weight excluding hydrogens is 272 g/mol. The van der Waals surface area contributed by atoms with Gasteiger partial charge in [-0.2, -0.15) is 0 Å². The molecule has 114 valence electrons. The maximum absolute atomic E-state index is 5.67. The summed E-state index contributed by atoms with van der Waals surface area (Å²) < 4.78 is 21.4. The number of nitrogens with two attached hydrogens (primary N) is 1. The van der Waals surface area contributed by atoms with Gasteiger partial charge in [0, 0.05) is 6.42 Å². The van der Waals surface area contributed by atoms with Gasteiger partial charge in [0.25, 0.3) is 0 Å². The number of hydrogen-bond acceptors (Lipinski definition) is 6. The summed E-state index contributed by atoms with van der Waals surface area (Å²) in [5.41, 5.74) is 3.70. The lowest BCUT2D eigenvalue weighted by atomic mass is 10.0. The van der Waals surface area contributed by atoms with Gasteiger partial charge >= 0.3 is 0 Å². The molecule has 2 rings (SSSR count). The van der Waals surface area contributed by atoms with Gasteiger partial charge in [-0.25, -0.2) is 0 Å². The van der Waals surface area contributed by atoms with E-state index in [2.05, 4.69) is 5.43 Å². The van der Waals surface area contributed by atoms with Crippen LogP contribution in [0.3, 0.4) is 0 Å². The maximum Gasteiger partial charge on any atom is 0.203 e. The number of nitrogens with one attached hydrogen (secondary N) is 1. The summed E-state index contributed by atoms with van der Waals surface area (Å²) in [7, 11) is 4.73. The molecule has 1 unspecified atom stereocenters. The lowest BCUT2D eigenvalue weighted by Gasteiger charge is -2.19. The van der Waals surface area contributed by atoms with Crippen molar-refractivity contribution in [3.63, 3.8) is 0 Å². The zero-order valence-electron chi connectivity index (χ0n) is 12.4. The van der Waals surface area contributed by atoms with Gasteiger partial charge in [-0.3, -0.25) is 11.3 Å². The lowest BCUT2D eigenvalue weighted by molar-refractivity contribution is 0.322. The standard InChI is InChI=1S/C15H20N2O4/c1-18-13-7-10(8-14(19-2)15(13)20-3)12(17-16)9-11-5-4-6-21-11/h4-8,12,17H,9,16H2,1-3H3. The Morgan fingerprint density at radius 2 is 1.81 bits per heavy atom. The number of ether oxygens (including phenoxy) is 3. The lowest BCUT2D eigenvalue weighted by Crippen LogP contribution is -2.29. The highest BCUT2D eigenvalue weighted by Gasteiger charge is 2.19. The number of hydrogen-bond donors (Lipinski definition) is 2. The summed E-state index contributed by atoms with van der Waals surface area (Å²) >= 11 is 0. The molecule has 0 radical (unpaired) electrons. The van der Waals surface area contributed by atoms with Gasteiger partial charge in [0.05, 0.1) is 33.6 Å². The van der Waals surface area contributed by atoms with E-state index in [1.807, 2.05) is 24.3 Å². The van der Waals surface area contributed by atoms with Crippen LogP contribution in [-0.2, 0) is 6.42 Å². The molecule has 0 spiro atoms. The Balaban J connectivity index is 2.36. The first-order valence-electron chi connectivity index (χ1n) is 6.51. The Morgan fingerprint density at radius 1 is 1.14 bits per heavy atom. The van der Waals surface area contributed by atoms with Crippen molar-refractivity contribution in [2.45, 2.75) is 12.5 Å². The Hall–Kier alpha value is -2.18. The van der Waals surface area contributed by atoms with Crippen molar-refractivity contribution in [3.05, 3.63) is 41.9 Å². The fourth-order valence-corrected chi connectivity index (χ4v) is 2.21. The van der Waals surface area contributed by atoms with Crippen LogP contribution in [0.25, 0.3) is 0 Å². The number of furan rings is 1. The first-order valence-corrected chi connectivity index (χ1v) is 6.51. The van der Waals surface area contributed by atoms with E-state index in [0.717, 1.165) is 11.3 Å². The van der Waals surface area contributed by atoms with Gasteiger partial charge in [0.2, 0.25) is 5.75 Å². The molecule has 1 aromatic carbocycles. The van der Waals surface area contributed by atoms with E-state index in [1.54, 1.807) is 27.6 Å². The van der Waals surface area contributed by atoms with Crippen molar-refractivity contribution in [2.75, 3.05) is 21.3 Å². The molecule has 0 fully saturated rings. The highest BCUT2D eigenvalue weighted by Crippen LogP contribution is 2.40. The molecule has 21 heavy (non-hydrogen) atoms. The molecule has 3 N–H and O–H groups in total. The molecule has 0 bridgehead atoms. The SMILES string of the molecule is COc1cc(C(Cc2ccco2)NN)cc(OC)c1OC. The second kappa shape index (κ2) is 7.01. The molecule has 0 saturated heterocycles. The highest BCUT2D eigenvalue weighted by atomic mass is 16.5. The van der Waals surface area contributed by atoms with Crippen molar-refractivity contribution in [1.29, 1.82) is 0 Å². The molecule has 6 heteroatoms. The Bertz CT molecular complexity index is 544. The molecule has 0 saturated carbocycles. The minimum Gasteiger partial charge on any atom is -0.493 e. The molecule has 1 aromatic heterocycles. The topological polar surface area (TPSA) is 78.9 Å². The monoisotopic (exact) mass is 292 g/mol. The van der Waals surface area contributed by atoms with Gasteiger partial charge in [-0.05, 0) is 29.8 Å². The van der Waals surface area contributed by atoms with Gasteiger partial charge in [-0.1, -0.05) is 0 Å². The Kier molecular flexibility index (Phi) is 5.08. The maximum atomic E-state index is 5.67. The predicted octanol–water partition coefficient (Wildman–Crippen LogP) is 2.05. The molecule has 2 aromatic rings. The third-order valence-corrected chi connectivity index (χ3v) is 3.28. The fourth-order valence-electron chi connectivity index (χ4n) is 2.21. The second-order valence-electron chi connectivity index (χ2n) is 4.46. The van der Waals surface area contributed by atoms with Crippen LogP contribution in [0.2, 0.25) is 0 Å². The molecule has 0 aliphatic rings. The summed E-state index contributed by atoms with van der Waals surface area (Å²) in [5.74, 6) is 8.24. The first-order chi connectivity index (χ1) is 10.2. The summed E-state index contributed by atoms with van der Waals surface area (Å²) in [4.78, 5) is 0. The number of benzene rings is 1. The number of methoxy groups -OCH3 is 3. The van der Waals surface area contributed by atoms with E-state index in [4.69, 9.17) is 24.5 Å². The van der Waals surface area contributed by atoms with Crippen LogP contribution in [0.4, 0.5) is 0 Å². The van der Waals surface area contributed by atoms with Crippen LogP contribution in [0, 0.1) is 0 Å². The second-order valence-corrected chi connectivity index (χ2v) is 4.46. The van der Waals surface area contributed by atoms with Crippen LogP contribution >= 0.6 is 0 Å². The van der Waals surface area contributed by atoms with E-state index >= 15 is 0 Å². The average molecular weight is 292 g/mol. The van der Waals surface area contributed by atoms with E-state index in [1.165, 1.54) is 0 Å².